The number of hydrogen-bond acceptors (Lipinski definition) is 4. The van der Waals surface area contributed by atoms with Gasteiger partial charge in [-0.15, -0.1) is 11.3 Å². The zero-order valence-corrected chi connectivity index (χ0v) is 31.3. The smallest absolute Gasteiger partial charge is 0.153 e. The molecule has 0 unspecified atom stereocenters. The van der Waals surface area contributed by atoms with Gasteiger partial charge in [-0.2, -0.15) is 0 Å². The molecule has 0 bridgehead atoms. The van der Waals surface area contributed by atoms with Gasteiger partial charge in [0.15, 0.2) is 11.5 Å². The summed E-state index contributed by atoms with van der Waals surface area (Å²) in [7, 11) is 0. The van der Waals surface area contributed by atoms with E-state index in [-0.39, 0.29) is 5.41 Å². The Kier molecular flexibility index (Phi) is 7.07. The van der Waals surface area contributed by atoms with Crippen LogP contribution in [0.2, 0.25) is 0 Å². The summed E-state index contributed by atoms with van der Waals surface area (Å²) in [5, 5.41) is 2.59. The molecular formula is C51H36N2OS. The summed E-state index contributed by atoms with van der Waals surface area (Å²) in [6.07, 6.45) is 0. The third kappa shape index (κ3) is 5.02. The molecule has 1 aromatic heterocycles. The number of anilines is 6. The van der Waals surface area contributed by atoms with Gasteiger partial charge in [0.1, 0.15) is 0 Å². The van der Waals surface area contributed by atoms with Crippen LogP contribution in [0.15, 0.2) is 182 Å². The van der Waals surface area contributed by atoms with Crippen molar-refractivity contribution in [3.63, 3.8) is 0 Å². The van der Waals surface area contributed by atoms with Crippen LogP contribution >= 0.6 is 11.3 Å². The molecule has 0 spiro atoms. The average Bonchev–Trinajstić information content (AvgIpc) is 3.71. The van der Waals surface area contributed by atoms with Crippen molar-refractivity contribution in [1.82, 2.24) is 0 Å². The number of ether oxygens (including phenoxy) is 1. The van der Waals surface area contributed by atoms with E-state index in [9.17, 15) is 0 Å². The van der Waals surface area contributed by atoms with Crippen LogP contribution in [0.25, 0.3) is 42.4 Å². The van der Waals surface area contributed by atoms with Crippen LogP contribution in [0.4, 0.5) is 34.1 Å². The minimum Gasteiger partial charge on any atom is -0.453 e. The fourth-order valence-electron chi connectivity index (χ4n) is 8.75. The second-order valence-electron chi connectivity index (χ2n) is 15.0. The molecule has 8 aromatic carbocycles. The van der Waals surface area contributed by atoms with Crippen LogP contribution in [0.1, 0.15) is 25.0 Å². The molecule has 11 rings (SSSR count). The maximum Gasteiger partial charge on any atom is 0.153 e. The lowest BCUT2D eigenvalue weighted by molar-refractivity contribution is 0.477. The predicted molar refractivity (Wildman–Crippen MR) is 232 cm³/mol. The van der Waals surface area contributed by atoms with Crippen molar-refractivity contribution in [1.29, 1.82) is 0 Å². The lowest BCUT2D eigenvalue weighted by atomic mass is 9.82. The third-order valence-corrected chi connectivity index (χ3v) is 12.6. The lowest BCUT2D eigenvalue weighted by Crippen LogP contribution is -2.18. The summed E-state index contributed by atoms with van der Waals surface area (Å²) >= 11 is 1.84. The van der Waals surface area contributed by atoms with Crippen molar-refractivity contribution < 1.29 is 4.74 Å². The summed E-state index contributed by atoms with van der Waals surface area (Å²) in [6, 6.07) is 65.8. The molecule has 0 amide bonds. The number of rotatable bonds is 5. The summed E-state index contributed by atoms with van der Waals surface area (Å²) in [6.45, 7) is 4.69. The van der Waals surface area contributed by atoms with Gasteiger partial charge >= 0.3 is 0 Å². The molecule has 9 aromatic rings. The Morgan fingerprint density at radius 1 is 0.473 bits per heavy atom. The van der Waals surface area contributed by atoms with Crippen LogP contribution in [0.5, 0.6) is 11.5 Å². The topological polar surface area (TPSA) is 15.7 Å². The quantitative estimate of drug-likeness (QED) is 0.176. The molecular weight excluding hydrogens is 689 g/mol. The fraction of sp³-hybridized carbons (Fsp3) is 0.0588. The number of fused-ring (bicyclic) bond motifs is 8. The van der Waals surface area contributed by atoms with Gasteiger partial charge in [-0.1, -0.05) is 123 Å². The molecule has 1 aliphatic carbocycles. The van der Waals surface area contributed by atoms with Crippen LogP contribution in [-0.2, 0) is 5.41 Å². The van der Waals surface area contributed by atoms with Crippen molar-refractivity contribution >= 4 is 65.6 Å². The number of benzene rings is 8. The van der Waals surface area contributed by atoms with E-state index < -0.39 is 0 Å². The Morgan fingerprint density at radius 2 is 1.16 bits per heavy atom. The molecule has 0 fully saturated rings. The van der Waals surface area contributed by atoms with E-state index in [0.717, 1.165) is 45.6 Å². The molecule has 0 saturated heterocycles. The lowest BCUT2D eigenvalue weighted by Gasteiger charge is -2.34. The summed E-state index contributed by atoms with van der Waals surface area (Å²) < 4.78 is 9.38. The highest BCUT2D eigenvalue weighted by atomic mass is 32.1. The minimum absolute atomic E-state index is 0.127. The average molecular weight is 725 g/mol. The standard InChI is InChI=1S/C51H36N2OS/c1-51(2)43-19-8-6-17-39(43)40-26-23-36(30-44(40)51)52(35-16-12-15-34(29-35)33-13-4-3-5-14-33)37-25-28-46-48(31-37)54-47-21-10-9-20-45(47)53(46)38-24-27-42-41-18-7-11-22-49(41)55-50(42)32-38/h3-32H,1-2H3. The zero-order valence-electron chi connectivity index (χ0n) is 30.5. The van der Waals surface area contributed by atoms with Gasteiger partial charge in [0.25, 0.3) is 0 Å². The van der Waals surface area contributed by atoms with Crippen molar-refractivity contribution in [3.05, 3.63) is 193 Å². The number of thiophene rings is 1. The van der Waals surface area contributed by atoms with Crippen LogP contribution < -0.4 is 14.5 Å². The first-order chi connectivity index (χ1) is 27.0. The van der Waals surface area contributed by atoms with Gasteiger partial charge in [0, 0.05) is 54.4 Å². The van der Waals surface area contributed by atoms with Gasteiger partial charge in [0.05, 0.1) is 11.4 Å². The van der Waals surface area contributed by atoms with Gasteiger partial charge in [0.2, 0.25) is 0 Å². The maximum absolute atomic E-state index is 6.80. The summed E-state index contributed by atoms with van der Waals surface area (Å²) in [4.78, 5) is 4.72. The normalized spacial score (nSPS) is 13.5. The highest BCUT2D eigenvalue weighted by Gasteiger charge is 2.36. The second-order valence-corrected chi connectivity index (χ2v) is 16.1. The van der Waals surface area contributed by atoms with Crippen LogP contribution in [0.3, 0.4) is 0 Å². The highest BCUT2D eigenvalue weighted by molar-refractivity contribution is 7.25. The number of hydrogen-bond donors (Lipinski definition) is 0. The Bertz CT molecular complexity index is 2960. The molecule has 3 nitrogen and oxygen atoms in total. The highest BCUT2D eigenvalue weighted by Crippen LogP contribution is 2.54. The zero-order chi connectivity index (χ0) is 36.7. The van der Waals surface area contributed by atoms with E-state index in [4.69, 9.17) is 4.74 Å². The summed E-state index contributed by atoms with van der Waals surface area (Å²) in [5.74, 6) is 1.64. The number of para-hydroxylation sites is 2. The van der Waals surface area contributed by atoms with Crippen LogP contribution in [-0.4, -0.2) is 0 Å². The van der Waals surface area contributed by atoms with Crippen molar-refractivity contribution in [2.75, 3.05) is 9.80 Å². The van der Waals surface area contributed by atoms with Crippen molar-refractivity contribution in [2.24, 2.45) is 0 Å². The minimum atomic E-state index is -0.127. The molecule has 2 aliphatic rings. The van der Waals surface area contributed by atoms with E-state index in [2.05, 4.69) is 200 Å². The van der Waals surface area contributed by atoms with Gasteiger partial charge in [-0.25, -0.2) is 0 Å². The van der Waals surface area contributed by atoms with Crippen molar-refractivity contribution in [3.8, 4) is 33.8 Å². The monoisotopic (exact) mass is 724 g/mol. The molecule has 0 radical (unpaired) electrons. The Balaban J connectivity index is 1.08. The molecule has 0 saturated carbocycles. The van der Waals surface area contributed by atoms with E-state index in [1.54, 1.807) is 0 Å². The van der Waals surface area contributed by atoms with E-state index >= 15 is 0 Å². The Hall–Kier alpha value is -6.62. The van der Waals surface area contributed by atoms with Gasteiger partial charge in [-0.05, 0) is 100 Å². The van der Waals surface area contributed by atoms with Gasteiger partial charge in [-0.3, -0.25) is 0 Å². The summed E-state index contributed by atoms with van der Waals surface area (Å²) in [5.41, 5.74) is 13.9. The molecule has 4 heteroatoms. The first-order valence-electron chi connectivity index (χ1n) is 18.8. The van der Waals surface area contributed by atoms with Crippen LogP contribution in [0, 0.1) is 0 Å². The number of nitrogens with zero attached hydrogens (tertiary/aromatic N) is 2. The maximum atomic E-state index is 6.80. The Labute approximate surface area is 324 Å². The molecule has 0 atom stereocenters. The molecule has 262 valence electrons. The van der Waals surface area contributed by atoms with E-state index in [1.165, 1.54) is 53.6 Å². The van der Waals surface area contributed by atoms with Gasteiger partial charge < -0.3 is 14.5 Å². The largest absolute Gasteiger partial charge is 0.453 e. The first-order valence-corrected chi connectivity index (χ1v) is 19.7. The predicted octanol–water partition coefficient (Wildman–Crippen LogP) is 15.1. The second kappa shape index (κ2) is 12.2. The third-order valence-electron chi connectivity index (χ3n) is 11.4. The first kappa shape index (κ1) is 31.9. The van der Waals surface area contributed by atoms with Crippen molar-refractivity contribution in [2.45, 2.75) is 19.3 Å². The molecule has 0 N–H and O–H groups in total. The molecule has 55 heavy (non-hydrogen) atoms. The molecule has 2 heterocycles. The SMILES string of the molecule is CC1(C)c2ccccc2-c2ccc(N(c3cccc(-c4ccccc4)c3)c3ccc4c(c3)Oc3ccccc3N4c3ccc4c(c3)sc3ccccc34)cc21. The molecule has 1 aliphatic heterocycles. The van der Waals surface area contributed by atoms with E-state index in [1.807, 2.05) is 17.4 Å². The van der Waals surface area contributed by atoms with E-state index in [0.29, 0.717) is 0 Å². The fourth-order valence-corrected chi connectivity index (χ4v) is 9.89. The Morgan fingerprint density at radius 3 is 2.09 bits per heavy atom.